The van der Waals surface area contributed by atoms with Crippen molar-refractivity contribution in [2.24, 2.45) is 0 Å². The number of rotatable bonds is 9. The van der Waals surface area contributed by atoms with Crippen LogP contribution in [0.3, 0.4) is 0 Å². The number of thiazole rings is 1. The lowest BCUT2D eigenvalue weighted by atomic mass is 9.89. The normalized spacial score (nSPS) is 14.9. The summed E-state index contributed by atoms with van der Waals surface area (Å²) in [5.41, 5.74) is 0.276. The summed E-state index contributed by atoms with van der Waals surface area (Å²) in [6, 6.07) is 3.15. The van der Waals surface area contributed by atoms with Crippen molar-refractivity contribution in [2.45, 2.75) is 43.5 Å². The van der Waals surface area contributed by atoms with Gasteiger partial charge >= 0.3 is 6.18 Å². The summed E-state index contributed by atoms with van der Waals surface area (Å²) in [6.45, 7) is 1.96. The largest absolute Gasteiger partial charge is 0.467 e. The molecule has 3 heterocycles. The van der Waals surface area contributed by atoms with Crippen molar-refractivity contribution < 1.29 is 26.9 Å². The van der Waals surface area contributed by atoms with E-state index >= 15 is 0 Å². The fraction of sp³-hybridized carbons (Fsp3) is 0.381. The number of pyridine rings is 1. The van der Waals surface area contributed by atoms with E-state index < -0.39 is 29.2 Å². The molecule has 3 aromatic rings. The molecule has 1 fully saturated rings. The molecule has 1 aliphatic rings. The Kier molecular flexibility index (Phi) is 7.03. The zero-order valence-electron chi connectivity index (χ0n) is 18.6. The summed E-state index contributed by atoms with van der Waals surface area (Å²) in [6.07, 6.45) is 1.24. The van der Waals surface area contributed by atoms with Crippen LogP contribution in [0.25, 0.3) is 11.3 Å². The Morgan fingerprint density at radius 2 is 1.97 bits per heavy atom. The number of aromatic nitrogens is 4. The second-order valence-electron chi connectivity index (χ2n) is 8.29. The van der Waals surface area contributed by atoms with Gasteiger partial charge < -0.3 is 10.1 Å². The highest BCUT2D eigenvalue weighted by Gasteiger charge is 2.34. The lowest BCUT2D eigenvalue weighted by Crippen LogP contribution is -2.35. The summed E-state index contributed by atoms with van der Waals surface area (Å²) < 4.78 is 56.6. The molecule has 3 aromatic heterocycles. The van der Waals surface area contributed by atoms with Crippen molar-refractivity contribution in [3.05, 3.63) is 41.8 Å². The van der Waals surface area contributed by atoms with E-state index in [1.807, 2.05) is 0 Å². The Morgan fingerprint density at radius 3 is 2.63 bits per heavy atom. The molecular weight excluding hydrogens is 505 g/mol. The second kappa shape index (κ2) is 9.85. The Balaban J connectivity index is 1.39. The first-order chi connectivity index (χ1) is 16.5. The molecule has 0 spiro atoms. The summed E-state index contributed by atoms with van der Waals surface area (Å²) in [7, 11) is -1.17. The van der Waals surface area contributed by atoms with E-state index in [0.717, 1.165) is 19.0 Å². The SMILES string of the molecule is CC(C)(C(=O)Nc1ccc(-c2cncc(OCC(F)(F)F)n2)cn1)c1csc(NS(=O)C2CC2)n1. The first kappa shape index (κ1) is 25.0. The van der Waals surface area contributed by atoms with Crippen LogP contribution in [0.5, 0.6) is 5.88 Å². The lowest BCUT2D eigenvalue weighted by Gasteiger charge is -2.21. The van der Waals surface area contributed by atoms with Crippen LogP contribution in [0, 0.1) is 0 Å². The molecule has 0 aromatic carbocycles. The number of carbonyl (C=O) groups is 1. The molecule has 4 rings (SSSR count). The first-order valence-electron chi connectivity index (χ1n) is 10.4. The molecule has 9 nitrogen and oxygen atoms in total. The zero-order valence-corrected chi connectivity index (χ0v) is 20.3. The van der Waals surface area contributed by atoms with Gasteiger partial charge in [-0.2, -0.15) is 13.2 Å². The molecule has 1 unspecified atom stereocenters. The van der Waals surface area contributed by atoms with E-state index in [2.05, 4.69) is 34.7 Å². The maximum absolute atomic E-state index is 12.9. The zero-order chi connectivity index (χ0) is 25.2. The maximum Gasteiger partial charge on any atom is 0.422 e. The van der Waals surface area contributed by atoms with Gasteiger partial charge in [0.1, 0.15) is 16.8 Å². The number of hydrogen-bond acceptors (Lipinski definition) is 8. The van der Waals surface area contributed by atoms with Crippen molar-refractivity contribution in [1.29, 1.82) is 0 Å². The van der Waals surface area contributed by atoms with E-state index in [4.69, 9.17) is 0 Å². The van der Waals surface area contributed by atoms with Gasteiger partial charge in [0.05, 0.1) is 34.4 Å². The van der Waals surface area contributed by atoms with E-state index in [-0.39, 0.29) is 28.5 Å². The average Bonchev–Trinajstić information content (AvgIpc) is 3.56. The minimum absolute atomic E-state index is 0.161. The van der Waals surface area contributed by atoms with Crippen LogP contribution in [-0.2, 0) is 21.2 Å². The quantitative estimate of drug-likeness (QED) is 0.431. The number of nitrogens with one attached hydrogen (secondary N) is 2. The van der Waals surface area contributed by atoms with Gasteiger partial charge in [0.2, 0.25) is 11.8 Å². The number of hydrogen-bond donors (Lipinski definition) is 2. The molecule has 1 atom stereocenters. The van der Waals surface area contributed by atoms with Crippen molar-refractivity contribution in [3.63, 3.8) is 0 Å². The van der Waals surface area contributed by atoms with Gasteiger partial charge in [-0.05, 0) is 38.8 Å². The van der Waals surface area contributed by atoms with Crippen LogP contribution in [0.1, 0.15) is 32.4 Å². The Bertz CT molecular complexity index is 1230. The highest BCUT2D eigenvalue weighted by atomic mass is 32.2. The third-order valence-electron chi connectivity index (χ3n) is 5.02. The summed E-state index contributed by atoms with van der Waals surface area (Å²) in [5.74, 6) is -0.343. The fourth-order valence-electron chi connectivity index (χ4n) is 2.78. The molecule has 1 aliphatic carbocycles. The molecule has 0 bridgehead atoms. The minimum atomic E-state index is -4.49. The van der Waals surface area contributed by atoms with Crippen LogP contribution in [0.2, 0.25) is 0 Å². The highest BCUT2D eigenvalue weighted by Crippen LogP contribution is 2.31. The summed E-state index contributed by atoms with van der Waals surface area (Å²) in [5, 5.41) is 5.14. The van der Waals surface area contributed by atoms with Gasteiger partial charge in [-0.25, -0.2) is 19.2 Å². The van der Waals surface area contributed by atoms with Crippen LogP contribution < -0.4 is 14.8 Å². The number of carbonyl (C=O) groups excluding carboxylic acids is 1. The highest BCUT2D eigenvalue weighted by molar-refractivity contribution is 7.87. The van der Waals surface area contributed by atoms with Crippen molar-refractivity contribution in [1.82, 2.24) is 19.9 Å². The third-order valence-corrected chi connectivity index (χ3v) is 7.38. The topological polar surface area (TPSA) is 119 Å². The number of anilines is 2. The third kappa shape index (κ3) is 6.51. The Morgan fingerprint density at radius 1 is 1.20 bits per heavy atom. The van der Waals surface area contributed by atoms with Gasteiger partial charge in [-0.15, -0.1) is 11.3 Å². The van der Waals surface area contributed by atoms with Gasteiger partial charge in [-0.1, -0.05) is 0 Å². The molecule has 0 saturated heterocycles. The molecule has 14 heteroatoms. The number of ether oxygens (including phenoxy) is 1. The molecular formula is C21H21F3N6O3S2. The lowest BCUT2D eigenvalue weighted by molar-refractivity contribution is -0.154. The van der Waals surface area contributed by atoms with Crippen molar-refractivity contribution in [2.75, 3.05) is 16.6 Å². The van der Waals surface area contributed by atoms with Crippen LogP contribution in [0.15, 0.2) is 36.1 Å². The number of amides is 1. The molecule has 0 aliphatic heterocycles. The first-order valence-corrected chi connectivity index (χ1v) is 12.5. The second-order valence-corrected chi connectivity index (χ2v) is 10.6. The van der Waals surface area contributed by atoms with Gasteiger partial charge in [-0.3, -0.25) is 14.5 Å². The minimum Gasteiger partial charge on any atom is -0.467 e. The number of halogens is 3. The van der Waals surface area contributed by atoms with Gasteiger partial charge in [0, 0.05) is 17.1 Å². The summed E-state index contributed by atoms with van der Waals surface area (Å²) >= 11 is 1.28. The molecule has 1 saturated carbocycles. The predicted octanol–water partition coefficient (Wildman–Crippen LogP) is 4.09. The summed E-state index contributed by atoms with van der Waals surface area (Å²) in [4.78, 5) is 29.4. The van der Waals surface area contributed by atoms with E-state index in [9.17, 15) is 22.2 Å². The van der Waals surface area contributed by atoms with Crippen LogP contribution in [-0.4, -0.2) is 48.1 Å². The number of alkyl halides is 3. The molecule has 35 heavy (non-hydrogen) atoms. The molecule has 1 amide bonds. The smallest absolute Gasteiger partial charge is 0.422 e. The standard InChI is InChI=1S/C21H21F3N6O3S2/c1-20(2,15-10-34-19(28-15)30-35(32)13-4-5-13)18(31)29-16-6-3-12(7-26-16)14-8-25-9-17(27-14)33-11-21(22,23)24/h3,6-10,13H,4-5,11H2,1-2H3,(H,28,30)(H,26,29,31). The van der Waals surface area contributed by atoms with Gasteiger partial charge in [0.15, 0.2) is 11.7 Å². The molecule has 2 N–H and O–H groups in total. The van der Waals surface area contributed by atoms with Crippen LogP contribution in [0.4, 0.5) is 24.1 Å². The Hall–Kier alpha value is -3.13. The molecule has 186 valence electrons. The van der Waals surface area contributed by atoms with E-state index in [1.165, 1.54) is 23.7 Å². The van der Waals surface area contributed by atoms with Crippen molar-refractivity contribution >= 4 is 39.2 Å². The van der Waals surface area contributed by atoms with E-state index in [0.29, 0.717) is 16.4 Å². The molecule has 0 radical (unpaired) electrons. The number of nitrogens with zero attached hydrogens (tertiary/aromatic N) is 4. The maximum atomic E-state index is 12.9. The average molecular weight is 527 g/mol. The Labute approximate surface area is 205 Å². The van der Waals surface area contributed by atoms with Gasteiger partial charge in [0.25, 0.3) is 0 Å². The fourth-order valence-corrected chi connectivity index (χ4v) is 4.89. The predicted molar refractivity (Wildman–Crippen MR) is 125 cm³/mol. The monoisotopic (exact) mass is 526 g/mol. The van der Waals surface area contributed by atoms with E-state index in [1.54, 1.807) is 31.4 Å². The van der Waals surface area contributed by atoms with Crippen LogP contribution >= 0.6 is 11.3 Å². The van der Waals surface area contributed by atoms with Crippen molar-refractivity contribution in [3.8, 4) is 17.1 Å².